The van der Waals surface area contributed by atoms with Crippen LogP contribution < -0.4 is 19.6 Å². The Kier molecular flexibility index (Phi) is 9.80. The Morgan fingerprint density at radius 2 is 1.76 bits per heavy atom. The van der Waals surface area contributed by atoms with Crippen molar-refractivity contribution < 1.29 is 14.3 Å². The van der Waals surface area contributed by atoms with Crippen LogP contribution in [-0.4, -0.2) is 23.4 Å². The molecule has 2 heterocycles. The van der Waals surface area contributed by atoms with Crippen LogP contribution in [0.4, 0.5) is 0 Å². The summed E-state index contributed by atoms with van der Waals surface area (Å²) in [6, 6.07) is 29.5. The van der Waals surface area contributed by atoms with Crippen molar-refractivity contribution in [3.8, 4) is 5.75 Å². The number of carbonyl (C=O) groups is 1. The summed E-state index contributed by atoms with van der Waals surface area (Å²) in [7, 11) is 0. The number of esters is 1. The topological polar surface area (TPSA) is 69.9 Å². The Labute approximate surface area is 284 Å². The number of hydrogen-bond donors (Lipinski definition) is 0. The first-order valence-electron chi connectivity index (χ1n) is 14.5. The molecule has 6 rings (SSSR count). The van der Waals surface area contributed by atoms with Gasteiger partial charge < -0.3 is 9.47 Å². The van der Waals surface area contributed by atoms with Crippen LogP contribution in [-0.2, 0) is 16.1 Å². The van der Waals surface area contributed by atoms with Crippen LogP contribution in [0.15, 0.2) is 117 Å². The first-order valence-corrected chi connectivity index (χ1v) is 17.2. The molecule has 0 fully saturated rings. The Morgan fingerprint density at radius 1 is 0.978 bits per heavy atom. The van der Waals surface area contributed by atoms with Crippen LogP contribution in [0.1, 0.15) is 35.2 Å². The summed E-state index contributed by atoms with van der Waals surface area (Å²) in [6.45, 7) is 2.26. The minimum Gasteiger partial charge on any atom is -0.489 e. The number of benzene rings is 4. The third kappa shape index (κ3) is 6.71. The van der Waals surface area contributed by atoms with Crippen LogP contribution in [0.3, 0.4) is 0 Å². The van der Waals surface area contributed by atoms with E-state index in [-0.39, 0.29) is 12.2 Å². The second-order valence-corrected chi connectivity index (χ2v) is 13.0. The van der Waals surface area contributed by atoms with Gasteiger partial charge in [0, 0.05) is 10.5 Å². The molecule has 0 aliphatic carbocycles. The maximum Gasteiger partial charge on any atom is 0.338 e. The molecule has 0 N–H and O–H groups in total. The van der Waals surface area contributed by atoms with Gasteiger partial charge in [-0.2, -0.15) is 0 Å². The summed E-state index contributed by atoms with van der Waals surface area (Å²) in [5.74, 6) is 0.125. The molecule has 4 aromatic carbocycles. The number of hydrogen-bond acceptors (Lipinski definition) is 7. The maximum absolute atomic E-state index is 14.2. The van der Waals surface area contributed by atoms with Gasteiger partial charge in [0.2, 0.25) is 0 Å². The molecule has 0 radical (unpaired) electrons. The number of halogens is 2. The summed E-state index contributed by atoms with van der Waals surface area (Å²) >= 11 is 15.1. The van der Waals surface area contributed by atoms with E-state index in [0.29, 0.717) is 43.0 Å². The first-order chi connectivity index (χ1) is 22.4. The van der Waals surface area contributed by atoms with Gasteiger partial charge in [0.25, 0.3) is 5.56 Å². The summed E-state index contributed by atoms with van der Waals surface area (Å²) in [5, 5.41) is 0.949. The predicted molar refractivity (Wildman–Crippen MR) is 187 cm³/mol. The van der Waals surface area contributed by atoms with Crippen molar-refractivity contribution in [3.63, 3.8) is 0 Å². The van der Waals surface area contributed by atoms with Gasteiger partial charge in [-0.3, -0.25) is 9.36 Å². The van der Waals surface area contributed by atoms with E-state index < -0.39 is 12.0 Å². The molecule has 0 bridgehead atoms. The fourth-order valence-corrected chi connectivity index (χ4v) is 6.91. The van der Waals surface area contributed by atoms with Crippen molar-refractivity contribution >= 4 is 64.0 Å². The SMILES string of the molecule is CCOC(=O)C1=C(c2ccccc2)N=c2s/c(=C/c3cccc(OCc4ccc(Cl)c(Cl)c4)c3)c(=O)n2[C@H]1c1ccc(SC)cc1. The second kappa shape index (κ2) is 14.1. The van der Waals surface area contributed by atoms with E-state index in [0.717, 1.165) is 27.1 Å². The van der Waals surface area contributed by atoms with Crippen molar-refractivity contribution in [1.82, 2.24) is 4.57 Å². The molecular formula is C36H28Cl2N2O4S2. The lowest BCUT2D eigenvalue weighted by atomic mass is 9.93. The van der Waals surface area contributed by atoms with Gasteiger partial charge in [-0.1, -0.05) is 95.2 Å². The Balaban J connectivity index is 1.46. The highest BCUT2D eigenvalue weighted by molar-refractivity contribution is 7.98. The largest absolute Gasteiger partial charge is 0.489 e. The highest BCUT2D eigenvalue weighted by Gasteiger charge is 2.35. The fraction of sp³-hybridized carbons (Fsp3) is 0.139. The summed E-state index contributed by atoms with van der Waals surface area (Å²) in [4.78, 5) is 34.3. The smallest absolute Gasteiger partial charge is 0.338 e. The third-order valence-corrected chi connectivity index (χ3v) is 9.82. The molecule has 0 unspecified atom stereocenters. The number of aromatic nitrogens is 1. The monoisotopic (exact) mass is 686 g/mol. The van der Waals surface area contributed by atoms with Crippen molar-refractivity contribution in [2.24, 2.45) is 4.99 Å². The predicted octanol–water partition coefficient (Wildman–Crippen LogP) is 7.54. The normalized spacial score (nSPS) is 14.5. The number of fused-ring (bicyclic) bond motifs is 1. The molecule has 1 aliphatic heterocycles. The van der Waals surface area contributed by atoms with Gasteiger partial charge in [-0.15, -0.1) is 11.8 Å². The molecule has 46 heavy (non-hydrogen) atoms. The first kappa shape index (κ1) is 31.9. The van der Waals surface area contributed by atoms with E-state index in [1.54, 1.807) is 35.4 Å². The molecular weight excluding hydrogens is 659 g/mol. The van der Waals surface area contributed by atoms with E-state index in [1.165, 1.54) is 11.3 Å². The zero-order chi connectivity index (χ0) is 32.2. The molecule has 10 heteroatoms. The highest BCUT2D eigenvalue weighted by atomic mass is 35.5. The van der Waals surface area contributed by atoms with Crippen molar-refractivity contribution in [2.45, 2.75) is 24.5 Å². The second-order valence-electron chi connectivity index (χ2n) is 10.3. The van der Waals surface area contributed by atoms with E-state index in [1.807, 2.05) is 97.3 Å². The van der Waals surface area contributed by atoms with Crippen LogP contribution in [0.25, 0.3) is 11.8 Å². The standard InChI is InChI=1S/C36H28Cl2N2O4S2/c1-3-43-35(42)31-32(24-9-5-4-6-10-24)39-36-40(33(31)25-13-15-27(45-2)16-14-25)34(41)30(46-36)20-22-8-7-11-26(18-22)44-21-23-12-17-28(37)29(38)19-23/h4-20,33H,3,21H2,1-2H3/b30-20+/t33-/m0/s1. The minimum atomic E-state index is -0.732. The minimum absolute atomic E-state index is 0.191. The summed E-state index contributed by atoms with van der Waals surface area (Å²) in [6.07, 6.45) is 3.82. The fourth-order valence-electron chi connectivity index (χ4n) is 5.18. The lowest BCUT2D eigenvalue weighted by Crippen LogP contribution is -2.40. The maximum atomic E-state index is 14.2. The van der Waals surface area contributed by atoms with Crippen LogP contribution in [0.2, 0.25) is 10.0 Å². The zero-order valence-electron chi connectivity index (χ0n) is 24.9. The number of ether oxygens (including phenoxy) is 2. The number of carbonyl (C=O) groups excluding carboxylic acids is 1. The molecule has 0 saturated heterocycles. The van der Waals surface area contributed by atoms with Gasteiger partial charge in [0.05, 0.1) is 38.5 Å². The van der Waals surface area contributed by atoms with Gasteiger partial charge >= 0.3 is 5.97 Å². The van der Waals surface area contributed by atoms with E-state index in [4.69, 9.17) is 37.7 Å². The van der Waals surface area contributed by atoms with Crippen molar-refractivity contribution in [3.05, 3.63) is 155 Å². The average molecular weight is 688 g/mol. The average Bonchev–Trinajstić information content (AvgIpc) is 3.39. The van der Waals surface area contributed by atoms with E-state index in [2.05, 4.69) is 0 Å². The molecule has 232 valence electrons. The van der Waals surface area contributed by atoms with E-state index >= 15 is 0 Å². The van der Waals surface area contributed by atoms with Gasteiger partial charge in [-0.25, -0.2) is 9.79 Å². The molecule has 1 aliphatic rings. The highest BCUT2D eigenvalue weighted by Crippen LogP contribution is 2.35. The van der Waals surface area contributed by atoms with Crippen molar-refractivity contribution in [1.29, 1.82) is 0 Å². The zero-order valence-corrected chi connectivity index (χ0v) is 28.1. The quantitative estimate of drug-likeness (QED) is 0.118. The number of thiazole rings is 1. The molecule has 1 atom stereocenters. The third-order valence-electron chi connectivity index (χ3n) is 7.35. The lowest BCUT2D eigenvalue weighted by molar-refractivity contribution is -0.138. The van der Waals surface area contributed by atoms with Gasteiger partial charge in [0.15, 0.2) is 4.80 Å². The van der Waals surface area contributed by atoms with Crippen LogP contribution in [0.5, 0.6) is 5.75 Å². The van der Waals surface area contributed by atoms with Gasteiger partial charge in [0.1, 0.15) is 12.4 Å². The number of thioether (sulfide) groups is 1. The molecule has 0 spiro atoms. The van der Waals surface area contributed by atoms with Crippen LogP contribution >= 0.6 is 46.3 Å². The van der Waals surface area contributed by atoms with Crippen molar-refractivity contribution in [2.75, 3.05) is 12.9 Å². The molecule has 6 nitrogen and oxygen atoms in total. The molecule has 5 aromatic rings. The Bertz CT molecular complexity index is 2120. The number of nitrogens with zero attached hydrogens (tertiary/aromatic N) is 2. The Morgan fingerprint density at radius 3 is 2.48 bits per heavy atom. The summed E-state index contributed by atoms with van der Waals surface area (Å²) < 4.78 is 13.7. The van der Waals surface area contributed by atoms with Gasteiger partial charge in [-0.05, 0) is 72.3 Å². The molecule has 0 saturated carbocycles. The van der Waals surface area contributed by atoms with Crippen LogP contribution in [0, 0.1) is 0 Å². The van der Waals surface area contributed by atoms with E-state index in [9.17, 15) is 9.59 Å². The summed E-state index contributed by atoms with van der Waals surface area (Å²) in [5.41, 5.74) is 3.77. The number of rotatable bonds is 9. The molecule has 0 amide bonds. The lowest BCUT2D eigenvalue weighted by Gasteiger charge is -2.26. The Hall–Kier alpha value is -4.08. The molecule has 1 aromatic heterocycles.